The van der Waals surface area contributed by atoms with Crippen molar-refractivity contribution in [1.29, 1.82) is 0 Å². The number of carboxylic acid groups (broad SMARTS) is 1. The number of carbonyl (C=O) groups is 1. The van der Waals surface area contributed by atoms with Gasteiger partial charge in [0.25, 0.3) is 5.56 Å². The molecule has 196 valence electrons. The number of rotatable bonds is 12. The molecule has 1 N–H and O–H groups in total. The van der Waals surface area contributed by atoms with E-state index in [4.69, 9.17) is 9.84 Å². The van der Waals surface area contributed by atoms with Crippen LogP contribution in [0.2, 0.25) is 0 Å². The predicted molar refractivity (Wildman–Crippen MR) is 149 cm³/mol. The van der Waals surface area contributed by atoms with Gasteiger partial charge in [0.05, 0.1) is 23.6 Å². The molecule has 0 saturated carbocycles. The SMILES string of the molecule is CC(C)(CCOc1cccc(CCCn2nc(C(c3ccccc3)c3ccccc3)ccc2=O)c1)C(=O)O. The van der Waals surface area contributed by atoms with Crippen LogP contribution in [-0.2, 0) is 17.8 Å². The van der Waals surface area contributed by atoms with Crippen LogP contribution in [0.25, 0.3) is 0 Å². The summed E-state index contributed by atoms with van der Waals surface area (Å²) in [5.74, 6) is -0.180. The number of carboxylic acids is 1. The fourth-order valence-electron chi connectivity index (χ4n) is 4.36. The molecule has 0 spiro atoms. The molecule has 4 aromatic rings. The smallest absolute Gasteiger partial charge is 0.309 e. The van der Waals surface area contributed by atoms with Gasteiger partial charge in [-0.3, -0.25) is 9.59 Å². The Morgan fingerprint density at radius 3 is 2.21 bits per heavy atom. The highest BCUT2D eigenvalue weighted by Gasteiger charge is 2.26. The van der Waals surface area contributed by atoms with Gasteiger partial charge in [-0.1, -0.05) is 72.8 Å². The van der Waals surface area contributed by atoms with E-state index < -0.39 is 11.4 Å². The van der Waals surface area contributed by atoms with E-state index in [1.807, 2.05) is 66.7 Å². The van der Waals surface area contributed by atoms with Gasteiger partial charge in [0.1, 0.15) is 5.75 Å². The first kappa shape index (κ1) is 26.9. The first-order valence-electron chi connectivity index (χ1n) is 13.0. The van der Waals surface area contributed by atoms with E-state index in [-0.39, 0.29) is 11.5 Å². The van der Waals surface area contributed by atoms with Gasteiger partial charge < -0.3 is 9.84 Å². The van der Waals surface area contributed by atoms with Crippen molar-refractivity contribution in [3.05, 3.63) is 130 Å². The molecule has 6 heteroatoms. The number of aryl methyl sites for hydroxylation is 2. The molecule has 0 fully saturated rings. The van der Waals surface area contributed by atoms with E-state index in [1.165, 1.54) is 0 Å². The third-order valence-electron chi connectivity index (χ3n) is 6.76. The van der Waals surface area contributed by atoms with Crippen molar-refractivity contribution >= 4 is 5.97 Å². The average Bonchev–Trinajstić information content (AvgIpc) is 2.92. The summed E-state index contributed by atoms with van der Waals surface area (Å²) in [6, 6.07) is 31.7. The second-order valence-corrected chi connectivity index (χ2v) is 10.1. The molecule has 0 bridgehead atoms. The lowest BCUT2D eigenvalue weighted by atomic mass is 9.88. The first-order chi connectivity index (χ1) is 18.3. The van der Waals surface area contributed by atoms with Crippen molar-refractivity contribution < 1.29 is 14.6 Å². The minimum absolute atomic E-state index is 0.0656. The lowest BCUT2D eigenvalue weighted by molar-refractivity contribution is -0.147. The van der Waals surface area contributed by atoms with Gasteiger partial charge in [-0.15, -0.1) is 0 Å². The minimum atomic E-state index is -0.832. The number of aliphatic carboxylic acids is 1. The Labute approximate surface area is 223 Å². The third kappa shape index (κ3) is 6.97. The first-order valence-corrected chi connectivity index (χ1v) is 13.0. The molecule has 0 amide bonds. The molecule has 4 rings (SSSR count). The van der Waals surface area contributed by atoms with Crippen LogP contribution in [0.3, 0.4) is 0 Å². The van der Waals surface area contributed by atoms with E-state index in [1.54, 1.807) is 24.6 Å². The quantitative estimate of drug-likeness (QED) is 0.255. The molecule has 3 aromatic carbocycles. The molecule has 1 aromatic heterocycles. The van der Waals surface area contributed by atoms with Gasteiger partial charge in [-0.25, -0.2) is 4.68 Å². The zero-order chi connectivity index (χ0) is 27.0. The van der Waals surface area contributed by atoms with E-state index in [9.17, 15) is 14.7 Å². The van der Waals surface area contributed by atoms with Crippen molar-refractivity contribution in [2.45, 2.75) is 45.6 Å². The molecule has 38 heavy (non-hydrogen) atoms. The number of ether oxygens (including phenoxy) is 1. The molecule has 0 aliphatic carbocycles. The number of hydrogen-bond donors (Lipinski definition) is 1. The second kappa shape index (κ2) is 12.4. The Hall–Kier alpha value is -4.19. The Kier molecular flexibility index (Phi) is 8.74. The number of nitrogens with zero attached hydrogens (tertiary/aromatic N) is 2. The molecule has 0 aliphatic heterocycles. The Balaban J connectivity index is 1.43. The van der Waals surface area contributed by atoms with Crippen LogP contribution in [0.15, 0.2) is 102 Å². The van der Waals surface area contributed by atoms with Crippen LogP contribution in [-0.4, -0.2) is 27.5 Å². The average molecular weight is 511 g/mol. The zero-order valence-electron chi connectivity index (χ0n) is 21.9. The maximum atomic E-state index is 12.6. The third-order valence-corrected chi connectivity index (χ3v) is 6.76. The van der Waals surface area contributed by atoms with Crippen LogP contribution < -0.4 is 10.3 Å². The lowest BCUT2D eigenvalue weighted by Crippen LogP contribution is -2.25. The summed E-state index contributed by atoms with van der Waals surface area (Å²) in [5.41, 5.74) is 3.23. The summed E-state index contributed by atoms with van der Waals surface area (Å²) >= 11 is 0. The summed E-state index contributed by atoms with van der Waals surface area (Å²) < 4.78 is 7.37. The second-order valence-electron chi connectivity index (χ2n) is 10.1. The van der Waals surface area contributed by atoms with Crippen molar-refractivity contribution in [2.24, 2.45) is 5.41 Å². The van der Waals surface area contributed by atoms with Crippen molar-refractivity contribution in [3.63, 3.8) is 0 Å². The topological polar surface area (TPSA) is 81.4 Å². The maximum Gasteiger partial charge on any atom is 0.309 e. The number of benzene rings is 3. The predicted octanol–water partition coefficient (Wildman–Crippen LogP) is 5.94. The summed E-state index contributed by atoms with van der Waals surface area (Å²) in [6.07, 6.45) is 1.93. The normalized spacial score (nSPS) is 11.4. The molecule has 0 saturated heterocycles. The van der Waals surface area contributed by atoms with Gasteiger partial charge in [0, 0.05) is 12.6 Å². The van der Waals surface area contributed by atoms with Crippen LogP contribution in [0.5, 0.6) is 5.75 Å². The van der Waals surface area contributed by atoms with Gasteiger partial charge in [0.2, 0.25) is 0 Å². The van der Waals surface area contributed by atoms with Gasteiger partial charge in [-0.05, 0) is 68.0 Å². The van der Waals surface area contributed by atoms with Crippen LogP contribution in [0.1, 0.15) is 55.0 Å². The van der Waals surface area contributed by atoms with E-state index in [2.05, 4.69) is 24.3 Å². The lowest BCUT2D eigenvalue weighted by Gasteiger charge is -2.19. The van der Waals surface area contributed by atoms with Gasteiger partial charge >= 0.3 is 5.97 Å². The molecule has 0 unspecified atom stereocenters. The standard InChI is InChI=1S/C32H34N2O4/c1-32(2,31(36)37)20-22-38-27-17-9-11-24(23-27)12-10-21-34-29(35)19-18-28(33-34)30(25-13-5-3-6-14-25)26-15-7-4-8-16-26/h3-9,11,13-19,23,30H,10,12,20-22H2,1-2H3,(H,36,37). The summed E-state index contributed by atoms with van der Waals surface area (Å²) in [5, 5.41) is 14.1. The van der Waals surface area contributed by atoms with Crippen LogP contribution in [0, 0.1) is 5.41 Å². The van der Waals surface area contributed by atoms with Crippen molar-refractivity contribution in [3.8, 4) is 5.75 Å². The highest BCUT2D eigenvalue weighted by molar-refractivity contribution is 5.73. The van der Waals surface area contributed by atoms with Crippen LogP contribution in [0.4, 0.5) is 0 Å². The minimum Gasteiger partial charge on any atom is -0.494 e. The van der Waals surface area contributed by atoms with E-state index >= 15 is 0 Å². The molecular weight excluding hydrogens is 476 g/mol. The van der Waals surface area contributed by atoms with E-state index in [0.717, 1.165) is 41.0 Å². The number of hydrogen-bond acceptors (Lipinski definition) is 4. The highest BCUT2D eigenvalue weighted by atomic mass is 16.5. The molecule has 6 nitrogen and oxygen atoms in total. The molecule has 0 aliphatic rings. The highest BCUT2D eigenvalue weighted by Crippen LogP contribution is 2.30. The van der Waals surface area contributed by atoms with Crippen molar-refractivity contribution in [1.82, 2.24) is 9.78 Å². The molecule has 0 radical (unpaired) electrons. The molecule has 1 heterocycles. The summed E-state index contributed by atoms with van der Waals surface area (Å²) in [7, 11) is 0. The zero-order valence-corrected chi connectivity index (χ0v) is 21.9. The Bertz CT molecular complexity index is 1360. The Morgan fingerprint density at radius 2 is 1.58 bits per heavy atom. The largest absolute Gasteiger partial charge is 0.494 e. The molecule has 0 atom stereocenters. The van der Waals surface area contributed by atoms with Crippen LogP contribution >= 0.6 is 0 Å². The fraction of sp³-hybridized carbons (Fsp3) is 0.281. The fourth-order valence-corrected chi connectivity index (χ4v) is 4.36. The monoisotopic (exact) mass is 510 g/mol. The summed E-state index contributed by atoms with van der Waals surface area (Å²) in [4.78, 5) is 23.9. The van der Waals surface area contributed by atoms with E-state index in [0.29, 0.717) is 19.6 Å². The van der Waals surface area contributed by atoms with Crippen molar-refractivity contribution in [2.75, 3.05) is 6.61 Å². The summed E-state index contributed by atoms with van der Waals surface area (Å²) in [6.45, 7) is 4.23. The van der Waals surface area contributed by atoms with Gasteiger partial charge in [-0.2, -0.15) is 5.10 Å². The maximum absolute atomic E-state index is 12.6. The Morgan fingerprint density at radius 1 is 0.921 bits per heavy atom. The molecular formula is C32H34N2O4. The number of aromatic nitrogens is 2. The van der Waals surface area contributed by atoms with Gasteiger partial charge in [0.15, 0.2) is 0 Å².